The number of phenols is 2. The minimum absolute atomic E-state index is 0.0380. The van der Waals surface area contributed by atoms with Gasteiger partial charge in [-0.05, 0) is 41.5 Å². The van der Waals surface area contributed by atoms with E-state index >= 15 is 0 Å². The molecule has 0 radical (unpaired) electrons. The van der Waals surface area contributed by atoms with Crippen molar-refractivity contribution in [3.8, 4) is 11.5 Å². The van der Waals surface area contributed by atoms with Crippen LogP contribution in [-0.4, -0.2) is 128 Å². The summed E-state index contributed by atoms with van der Waals surface area (Å²) in [6.45, 7) is -1.53. The van der Waals surface area contributed by atoms with Crippen LogP contribution in [-0.2, 0) is 28.5 Å². The first kappa shape index (κ1) is 33.5. The SMILES string of the molecule is O=C(/C=C/c1ccc(O)cc1)O[C@H]1[C@H](O)[C@@H](O[C@@H]2O[C@H](CO)[C@@H](O)[C@H](O)[C@H]2O)[C@H](OC/C=C/c2ccc(O)cc2)O[C@@H]1CO. The van der Waals surface area contributed by atoms with Crippen LogP contribution in [0.15, 0.2) is 60.7 Å². The van der Waals surface area contributed by atoms with Gasteiger partial charge in [0.2, 0.25) is 0 Å². The number of hydrogen-bond acceptors (Lipinski definition) is 14. The minimum Gasteiger partial charge on any atom is -0.508 e. The average molecular weight is 621 g/mol. The number of hydrogen-bond donors (Lipinski definition) is 8. The number of esters is 1. The highest BCUT2D eigenvalue weighted by molar-refractivity contribution is 5.87. The fourth-order valence-corrected chi connectivity index (χ4v) is 4.64. The number of carbonyl (C=O) groups excluding carboxylic acids is 1. The van der Waals surface area contributed by atoms with E-state index in [1.165, 1.54) is 30.3 Å². The Hall–Kier alpha value is -3.41. The van der Waals surface area contributed by atoms with Crippen molar-refractivity contribution >= 4 is 18.1 Å². The number of aliphatic hydroxyl groups is 6. The smallest absolute Gasteiger partial charge is 0.331 e. The summed E-state index contributed by atoms with van der Waals surface area (Å²) in [5.74, 6) is -0.777. The monoisotopic (exact) mass is 620 g/mol. The largest absolute Gasteiger partial charge is 0.508 e. The van der Waals surface area contributed by atoms with E-state index in [4.69, 9.17) is 23.7 Å². The van der Waals surface area contributed by atoms with E-state index in [1.807, 2.05) is 0 Å². The van der Waals surface area contributed by atoms with E-state index in [0.29, 0.717) is 5.56 Å². The Balaban J connectivity index is 1.51. The molecule has 240 valence electrons. The van der Waals surface area contributed by atoms with Gasteiger partial charge in [-0.1, -0.05) is 36.4 Å². The van der Waals surface area contributed by atoms with Crippen LogP contribution in [0.3, 0.4) is 0 Å². The number of phenolic OH excluding ortho intramolecular Hbond substituents is 2. The molecule has 2 fully saturated rings. The Morgan fingerprint density at radius 1 is 0.705 bits per heavy atom. The molecule has 14 nitrogen and oxygen atoms in total. The van der Waals surface area contributed by atoms with Gasteiger partial charge in [0.15, 0.2) is 18.7 Å². The molecular formula is C30H36O14. The van der Waals surface area contributed by atoms with Crippen molar-refractivity contribution < 1.29 is 69.3 Å². The van der Waals surface area contributed by atoms with Gasteiger partial charge in [-0.2, -0.15) is 0 Å². The number of rotatable bonds is 11. The third-order valence-electron chi connectivity index (χ3n) is 7.05. The predicted molar refractivity (Wildman–Crippen MR) is 151 cm³/mol. The Labute approximate surface area is 252 Å². The molecule has 14 heteroatoms. The van der Waals surface area contributed by atoms with Crippen molar-refractivity contribution in [2.24, 2.45) is 0 Å². The molecule has 0 spiro atoms. The first-order valence-electron chi connectivity index (χ1n) is 13.8. The molecule has 0 aliphatic carbocycles. The molecule has 0 saturated carbocycles. The average Bonchev–Trinajstić information content (AvgIpc) is 3.02. The highest BCUT2D eigenvalue weighted by Gasteiger charge is 2.52. The summed E-state index contributed by atoms with van der Waals surface area (Å²) in [6, 6.07) is 12.3. The lowest BCUT2D eigenvalue weighted by atomic mass is 9.97. The van der Waals surface area contributed by atoms with E-state index in [0.717, 1.165) is 11.6 Å². The molecule has 8 N–H and O–H groups in total. The van der Waals surface area contributed by atoms with Crippen molar-refractivity contribution in [1.29, 1.82) is 0 Å². The van der Waals surface area contributed by atoms with Crippen molar-refractivity contribution in [2.45, 2.75) is 61.4 Å². The van der Waals surface area contributed by atoms with Gasteiger partial charge in [0, 0.05) is 6.08 Å². The third kappa shape index (κ3) is 8.40. The Kier molecular flexibility index (Phi) is 11.8. The summed E-state index contributed by atoms with van der Waals surface area (Å²) < 4.78 is 28.2. The van der Waals surface area contributed by atoms with Crippen molar-refractivity contribution in [1.82, 2.24) is 0 Å². The van der Waals surface area contributed by atoms with E-state index in [9.17, 15) is 45.6 Å². The summed E-state index contributed by atoms with van der Waals surface area (Å²) in [4.78, 5) is 12.7. The van der Waals surface area contributed by atoms with Crippen LogP contribution >= 0.6 is 0 Å². The number of carbonyl (C=O) groups is 1. The third-order valence-corrected chi connectivity index (χ3v) is 7.05. The zero-order valence-corrected chi connectivity index (χ0v) is 23.4. The number of benzene rings is 2. The molecule has 0 unspecified atom stereocenters. The fraction of sp³-hybridized carbons (Fsp3) is 0.433. The second-order valence-corrected chi connectivity index (χ2v) is 10.2. The molecule has 2 saturated heterocycles. The molecule has 2 heterocycles. The van der Waals surface area contributed by atoms with E-state index < -0.39 is 80.6 Å². The number of aliphatic hydroxyl groups excluding tert-OH is 6. The van der Waals surface area contributed by atoms with Crippen LogP contribution in [0.5, 0.6) is 11.5 Å². The lowest BCUT2D eigenvalue weighted by Crippen LogP contribution is -2.65. The number of aromatic hydroxyl groups is 2. The van der Waals surface area contributed by atoms with Crippen molar-refractivity contribution in [3.63, 3.8) is 0 Å². The molecule has 2 aliphatic heterocycles. The molecule has 4 rings (SSSR count). The fourth-order valence-electron chi connectivity index (χ4n) is 4.64. The summed E-state index contributed by atoms with van der Waals surface area (Å²) in [7, 11) is 0. The van der Waals surface area contributed by atoms with Gasteiger partial charge in [-0.15, -0.1) is 0 Å². The first-order valence-corrected chi connectivity index (χ1v) is 13.8. The zero-order valence-electron chi connectivity index (χ0n) is 23.4. The molecule has 44 heavy (non-hydrogen) atoms. The molecule has 2 aromatic rings. The lowest BCUT2D eigenvalue weighted by Gasteiger charge is -2.46. The van der Waals surface area contributed by atoms with Crippen LogP contribution in [0.25, 0.3) is 12.2 Å². The van der Waals surface area contributed by atoms with E-state index in [2.05, 4.69) is 0 Å². The van der Waals surface area contributed by atoms with Crippen molar-refractivity contribution in [3.05, 3.63) is 71.8 Å². The minimum atomic E-state index is -1.82. The van der Waals surface area contributed by atoms with Crippen LogP contribution in [0.1, 0.15) is 11.1 Å². The molecule has 0 aromatic heterocycles. The predicted octanol–water partition coefficient (Wildman–Crippen LogP) is -0.984. The molecule has 0 amide bonds. The normalized spacial score (nSPS) is 32.7. The van der Waals surface area contributed by atoms with Gasteiger partial charge >= 0.3 is 5.97 Å². The highest BCUT2D eigenvalue weighted by atomic mass is 16.8. The maximum absolute atomic E-state index is 12.7. The maximum Gasteiger partial charge on any atom is 0.331 e. The molecule has 0 bridgehead atoms. The van der Waals surface area contributed by atoms with Gasteiger partial charge in [0.05, 0.1) is 19.8 Å². The topological polar surface area (TPSA) is 225 Å². The standard InChI is InChI=1S/C30H36O14/c31-14-20-23(36)24(37)25(38)29(41-20)44-28-26(39)27(43-22(35)12-7-17-5-10-19(34)11-6-17)21(15-32)42-30(28)40-13-1-2-16-3-8-18(33)9-4-16/h1-12,20-21,23-34,36-39H,13-15H2/b2-1+,12-7+/t20-,21-,23-,24+,25-,26+,27-,28-,29+,30-/m1/s1. The Morgan fingerprint density at radius 3 is 1.86 bits per heavy atom. The van der Waals surface area contributed by atoms with Crippen molar-refractivity contribution in [2.75, 3.05) is 19.8 Å². The number of ether oxygens (including phenoxy) is 5. The van der Waals surface area contributed by atoms with Crippen LogP contribution < -0.4 is 0 Å². The quantitative estimate of drug-likeness (QED) is 0.112. The van der Waals surface area contributed by atoms with Crippen LogP contribution in [0.4, 0.5) is 0 Å². The molecule has 2 aromatic carbocycles. The summed E-state index contributed by atoms with van der Waals surface area (Å²) in [6.07, 6.45) is -9.99. The molecule has 2 aliphatic rings. The summed E-state index contributed by atoms with van der Waals surface area (Å²) >= 11 is 0. The van der Waals surface area contributed by atoms with E-state index in [-0.39, 0.29) is 18.1 Å². The first-order chi connectivity index (χ1) is 21.1. The molecular weight excluding hydrogens is 584 g/mol. The molecule has 10 atom stereocenters. The second-order valence-electron chi connectivity index (χ2n) is 10.2. The van der Waals surface area contributed by atoms with Crippen LogP contribution in [0.2, 0.25) is 0 Å². The van der Waals surface area contributed by atoms with E-state index in [1.54, 1.807) is 36.4 Å². The zero-order chi connectivity index (χ0) is 31.8. The van der Waals surface area contributed by atoms with Crippen LogP contribution in [0, 0.1) is 0 Å². The lowest BCUT2D eigenvalue weighted by molar-refractivity contribution is -0.366. The Morgan fingerprint density at radius 2 is 1.27 bits per heavy atom. The van der Waals surface area contributed by atoms with Gasteiger partial charge in [0.25, 0.3) is 0 Å². The maximum atomic E-state index is 12.7. The van der Waals surface area contributed by atoms with Gasteiger partial charge in [0.1, 0.15) is 54.2 Å². The van der Waals surface area contributed by atoms with Gasteiger partial charge < -0.3 is 64.5 Å². The summed E-state index contributed by atoms with van der Waals surface area (Å²) in [5.41, 5.74) is 1.31. The van der Waals surface area contributed by atoms with Gasteiger partial charge in [-0.3, -0.25) is 0 Å². The summed E-state index contributed by atoms with van der Waals surface area (Å²) in [5, 5.41) is 80.6. The van der Waals surface area contributed by atoms with Gasteiger partial charge in [-0.25, -0.2) is 4.79 Å². The Bertz CT molecular complexity index is 1250. The second kappa shape index (κ2) is 15.5. The highest BCUT2D eigenvalue weighted by Crippen LogP contribution is 2.31.